The van der Waals surface area contributed by atoms with E-state index in [2.05, 4.69) is 69.5 Å². The Morgan fingerprint density at radius 3 is 2.39 bits per heavy atom. The lowest BCUT2D eigenvalue weighted by Crippen LogP contribution is -2.37. The number of nitrogens with zero attached hydrogens (tertiary/aromatic N) is 2. The van der Waals surface area contributed by atoms with Gasteiger partial charge >= 0.3 is 0 Å². The smallest absolute Gasteiger partial charge is 0.267 e. The van der Waals surface area contributed by atoms with Crippen molar-refractivity contribution in [1.82, 2.24) is 15.1 Å². The Morgan fingerprint density at radius 1 is 1.17 bits per heavy atom. The first-order valence-electron chi connectivity index (χ1n) is 7.94. The van der Waals surface area contributed by atoms with Gasteiger partial charge in [-0.1, -0.05) is 47.6 Å². The lowest BCUT2D eigenvalue weighted by molar-refractivity contribution is 0.252. The monoisotopic (exact) mass is 333 g/mol. The molecule has 0 aromatic carbocycles. The number of thiophene rings is 1. The SMILES string of the molecule is CC(C)(C)c1ccc(=O)n(CN[C@H](c2cccs2)C(C)(C)C)n1. The Kier molecular flexibility index (Phi) is 5.11. The van der Waals surface area contributed by atoms with Crippen LogP contribution < -0.4 is 10.9 Å². The fourth-order valence-electron chi connectivity index (χ4n) is 2.43. The third-order valence-corrected chi connectivity index (χ3v) is 4.71. The van der Waals surface area contributed by atoms with E-state index in [9.17, 15) is 4.79 Å². The van der Waals surface area contributed by atoms with Crippen molar-refractivity contribution < 1.29 is 0 Å². The predicted octanol–water partition coefficient (Wildman–Crippen LogP) is 3.94. The molecule has 0 saturated heterocycles. The van der Waals surface area contributed by atoms with E-state index in [1.54, 1.807) is 17.4 Å². The van der Waals surface area contributed by atoms with E-state index >= 15 is 0 Å². The molecule has 2 aromatic heterocycles. The van der Waals surface area contributed by atoms with E-state index in [1.165, 1.54) is 9.56 Å². The van der Waals surface area contributed by atoms with E-state index in [0.717, 1.165) is 5.69 Å². The second-order valence-electron chi connectivity index (χ2n) is 7.98. The molecule has 0 radical (unpaired) electrons. The van der Waals surface area contributed by atoms with Crippen LogP contribution in [0.5, 0.6) is 0 Å². The highest BCUT2D eigenvalue weighted by Gasteiger charge is 2.27. The fourth-order valence-corrected chi connectivity index (χ4v) is 3.47. The molecule has 0 aliphatic rings. The molecule has 1 atom stereocenters. The van der Waals surface area contributed by atoms with E-state index in [4.69, 9.17) is 0 Å². The molecule has 2 aromatic rings. The van der Waals surface area contributed by atoms with E-state index in [0.29, 0.717) is 6.67 Å². The van der Waals surface area contributed by atoms with Crippen LogP contribution in [0, 0.1) is 5.41 Å². The summed E-state index contributed by atoms with van der Waals surface area (Å²) in [6, 6.07) is 7.79. The van der Waals surface area contributed by atoms with Crippen molar-refractivity contribution in [2.75, 3.05) is 0 Å². The number of aromatic nitrogens is 2. The van der Waals surface area contributed by atoms with Gasteiger partial charge in [-0.05, 0) is 22.9 Å². The maximum atomic E-state index is 12.1. The Morgan fingerprint density at radius 2 is 1.87 bits per heavy atom. The van der Waals surface area contributed by atoms with Crippen LogP contribution in [0.3, 0.4) is 0 Å². The number of hydrogen-bond acceptors (Lipinski definition) is 4. The van der Waals surface area contributed by atoms with Gasteiger partial charge in [0.05, 0.1) is 12.4 Å². The van der Waals surface area contributed by atoms with Gasteiger partial charge in [-0.15, -0.1) is 11.3 Å². The van der Waals surface area contributed by atoms with Crippen molar-refractivity contribution in [2.45, 2.75) is 59.7 Å². The van der Waals surface area contributed by atoms with E-state index in [1.807, 2.05) is 6.07 Å². The zero-order valence-corrected chi connectivity index (χ0v) is 15.7. The minimum Gasteiger partial charge on any atom is -0.290 e. The first-order chi connectivity index (χ1) is 10.6. The summed E-state index contributed by atoms with van der Waals surface area (Å²) in [4.78, 5) is 13.4. The van der Waals surface area contributed by atoms with Crippen LogP contribution in [0.1, 0.15) is 58.2 Å². The molecule has 2 rings (SSSR count). The van der Waals surface area contributed by atoms with Gasteiger partial charge in [-0.2, -0.15) is 5.10 Å². The first-order valence-corrected chi connectivity index (χ1v) is 8.82. The molecule has 1 N–H and O–H groups in total. The van der Waals surface area contributed by atoms with Crippen LogP contribution in [-0.2, 0) is 12.1 Å². The van der Waals surface area contributed by atoms with Crippen LogP contribution in [0.15, 0.2) is 34.4 Å². The van der Waals surface area contributed by atoms with E-state index < -0.39 is 0 Å². The molecule has 0 spiro atoms. The molecular weight excluding hydrogens is 306 g/mol. The average molecular weight is 334 g/mol. The molecule has 2 heterocycles. The summed E-state index contributed by atoms with van der Waals surface area (Å²) in [6.45, 7) is 13.3. The van der Waals surface area contributed by atoms with Gasteiger partial charge in [0, 0.05) is 22.4 Å². The molecule has 0 fully saturated rings. The van der Waals surface area contributed by atoms with Crippen LogP contribution >= 0.6 is 11.3 Å². The molecule has 0 amide bonds. The predicted molar refractivity (Wildman–Crippen MR) is 96.8 cm³/mol. The zero-order chi connectivity index (χ0) is 17.3. The summed E-state index contributed by atoms with van der Waals surface area (Å²) >= 11 is 1.73. The Bertz CT molecular complexity index is 690. The number of rotatable bonds is 4. The van der Waals surface area contributed by atoms with Gasteiger partial charge in [0.15, 0.2) is 0 Å². The second-order valence-corrected chi connectivity index (χ2v) is 8.96. The maximum absolute atomic E-state index is 12.1. The highest BCUT2D eigenvalue weighted by atomic mass is 32.1. The highest BCUT2D eigenvalue weighted by Crippen LogP contribution is 2.35. The molecule has 0 aliphatic heterocycles. The molecule has 4 nitrogen and oxygen atoms in total. The summed E-state index contributed by atoms with van der Waals surface area (Å²) in [5.41, 5.74) is 0.814. The lowest BCUT2D eigenvalue weighted by Gasteiger charge is -2.31. The second kappa shape index (κ2) is 6.57. The number of hydrogen-bond donors (Lipinski definition) is 1. The summed E-state index contributed by atoms with van der Waals surface area (Å²) in [5, 5.41) is 10.1. The molecule has 0 saturated carbocycles. The van der Waals surface area contributed by atoms with Gasteiger partial charge in [-0.3, -0.25) is 10.1 Å². The molecule has 0 aliphatic carbocycles. The lowest BCUT2D eigenvalue weighted by atomic mass is 9.86. The van der Waals surface area contributed by atoms with Crippen molar-refractivity contribution in [2.24, 2.45) is 5.41 Å². The number of nitrogens with one attached hydrogen (secondary N) is 1. The molecule has 5 heteroatoms. The van der Waals surface area contributed by atoms with Gasteiger partial charge < -0.3 is 0 Å². The molecule has 126 valence electrons. The van der Waals surface area contributed by atoms with Crippen molar-refractivity contribution in [3.05, 3.63) is 50.6 Å². The normalized spacial score (nSPS) is 14.0. The average Bonchev–Trinajstić information content (AvgIpc) is 2.91. The molecule has 0 bridgehead atoms. The third kappa shape index (κ3) is 4.52. The minimum absolute atomic E-state index is 0.0517. The van der Waals surface area contributed by atoms with Crippen molar-refractivity contribution in [1.29, 1.82) is 0 Å². The largest absolute Gasteiger partial charge is 0.290 e. The Labute approximate surface area is 142 Å². The summed E-state index contributed by atoms with van der Waals surface area (Å²) in [5.74, 6) is 0. The van der Waals surface area contributed by atoms with Gasteiger partial charge in [-0.25, -0.2) is 4.68 Å². The quantitative estimate of drug-likeness (QED) is 0.922. The highest BCUT2D eigenvalue weighted by molar-refractivity contribution is 7.10. The summed E-state index contributed by atoms with van der Waals surface area (Å²) < 4.78 is 1.52. The Balaban J connectivity index is 2.23. The van der Waals surface area contributed by atoms with E-state index in [-0.39, 0.29) is 22.4 Å². The van der Waals surface area contributed by atoms with Crippen LogP contribution in [0.4, 0.5) is 0 Å². The van der Waals surface area contributed by atoms with Crippen molar-refractivity contribution >= 4 is 11.3 Å². The van der Waals surface area contributed by atoms with Crippen LogP contribution in [0.2, 0.25) is 0 Å². The standard InChI is InChI=1S/C18H27N3OS/c1-17(2,3)14-9-10-15(22)21(20-14)12-19-16(18(4,5)6)13-8-7-11-23-13/h7-11,16,19H,12H2,1-6H3/t16-/m1/s1. The third-order valence-electron chi connectivity index (χ3n) is 3.77. The molecule has 0 unspecified atom stereocenters. The topological polar surface area (TPSA) is 46.9 Å². The summed E-state index contributed by atoms with van der Waals surface area (Å²) in [6.07, 6.45) is 0. The molecular formula is C18H27N3OS. The first kappa shape index (κ1) is 17.9. The molecule has 23 heavy (non-hydrogen) atoms. The van der Waals surface area contributed by atoms with Crippen molar-refractivity contribution in [3.63, 3.8) is 0 Å². The van der Waals surface area contributed by atoms with Gasteiger partial charge in [0.25, 0.3) is 5.56 Å². The fraction of sp³-hybridized carbons (Fsp3) is 0.556. The van der Waals surface area contributed by atoms with Crippen LogP contribution in [-0.4, -0.2) is 9.78 Å². The van der Waals surface area contributed by atoms with Crippen molar-refractivity contribution in [3.8, 4) is 0 Å². The van der Waals surface area contributed by atoms with Crippen LogP contribution in [0.25, 0.3) is 0 Å². The maximum Gasteiger partial charge on any atom is 0.267 e. The zero-order valence-electron chi connectivity index (χ0n) is 14.9. The van der Waals surface area contributed by atoms with Gasteiger partial charge in [0.1, 0.15) is 0 Å². The minimum atomic E-state index is -0.0793. The van der Waals surface area contributed by atoms with Gasteiger partial charge in [0.2, 0.25) is 0 Å². The Hall–Kier alpha value is -1.46. The summed E-state index contributed by atoms with van der Waals surface area (Å²) in [7, 11) is 0.